The number of phosphoric acid groups is 2. The van der Waals surface area contributed by atoms with Crippen LogP contribution < -0.4 is 22.9 Å². The van der Waals surface area contributed by atoms with Crippen molar-refractivity contribution in [3.05, 3.63) is 90.6 Å². The predicted molar refractivity (Wildman–Crippen MR) is 284 cm³/mol. The van der Waals surface area contributed by atoms with Gasteiger partial charge < -0.3 is 112 Å². The smallest absolute Gasteiger partial charge is 0.412 e. The van der Waals surface area contributed by atoms with E-state index in [0.717, 1.165) is 38.9 Å². The Hall–Kier alpha value is -6.74. The highest BCUT2D eigenvalue weighted by Crippen LogP contribution is 2.66. The van der Waals surface area contributed by atoms with Gasteiger partial charge in [0.15, 0.2) is 69.6 Å². The topological polar surface area (TPSA) is 732 Å². The van der Waals surface area contributed by atoms with Crippen molar-refractivity contribution >= 4 is 95.3 Å². The molecule has 1 amide bonds. The Morgan fingerprint density at radius 2 is 0.897 bits per heavy atom. The molecule has 7 aromatic rings. The van der Waals surface area contributed by atoms with Crippen molar-refractivity contribution in [2.45, 2.75) is 73.6 Å². The van der Waals surface area contributed by atoms with Crippen LogP contribution in [0.4, 0.5) is 17.5 Å². The molecule has 3 fully saturated rings. The van der Waals surface area contributed by atoms with Gasteiger partial charge in [-0.15, -0.1) is 15.3 Å². The fourth-order valence-electron chi connectivity index (χ4n) is 7.75. The fraction of sp³-hybridized carbons (Fsp3) is 0.324. The van der Waals surface area contributed by atoms with Crippen LogP contribution in [0.2, 0.25) is 0 Å². The molecule has 3 saturated heterocycles. The summed E-state index contributed by atoms with van der Waals surface area (Å²) < 4.78 is 82.5. The molecular formula is C37H50N19O26P5. The van der Waals surface area contributed by atoms with Gasteiger partial charge in [-0.1, -0.05) is 33.8 Å². The van der Waals surface area contributed by atoms with Gasteiger partial charge in [0.25, 0.3) is 5.91 Å². The summed E-state index contributed by atoms with van der Waals surface area (Å²) in [6.07, 6.45) is -10.6. The largest absolute Gasteiger partial charge is 0.488 e. The van der Waals surface area contributed by atoms with Crippen LogP contribution in [0.3, 0.4) is 0 Å². The normalized spacial score (nSPS) is 26.5. The average Bonchev–Trinajstić information content (AvgIpc) is 1.72. The third-order valence-electron chi connectivity index (χ3n) is 11.5. The van der Waals surface area contributed by atoms with Crippen LogP contribution in [-0.2, 0) is 45.7 Å². The molecule has 2 unspecified atom stereocenters. The number of nitrogens with one attached hydrogen (secondary N) is 1. The number of nitrogen functional groups attached to an aromatic ring is 2. The average molecular weight is 1330 g/mol. The lowest BCUT2D eigenvalue weighted by molar-refractivity contribution is -0.0329. The second-order valence-electron chi connectivity index (χ2n) is 17.5. The van der Waals surface area contributed by atoms with Gasteiger partial charge in [-0.2, -0.15) is 18.4 Å². The second-order valence-corrected chi connectivity index (χ2v) is 25.1. The van der Waals surface area contributed by atoms with Crippen LogP contribution in [0.5, 0.6) is 0 Å². The number of aromatic nitrogens is 15. The molecule has 10 rings (SSSR count). The molecule has 24 N–H and O–H groups in total. The van der Waals surface area contributed by atoms with E-state index in [1.807, 2.05) is 0 Å². The summed E-state index contributed by atoms with van der Waals surface area (Å²) in [6, 6.07) is 8.44. The number of hydrogen-bond acceptors (Lipinski definition) is 32. The number of carbonyl (C=O) groups excluding carboxylic acids is 1. The number of hydrogen-bond donors (Lipinski definition) is 18. The van der Waals surface area contributed by atoms with Gasteiger partial charge in [0.2, 0.25) is 0 Å². The number of nitrogens with zero attached hydrogens (tertiary/aromatic N) is 15. The molecule has 3 aliphatic heterocycles. The first-order valence-corrected chi connectivity index (χ1v) is 31.2. The zero-order chi connectivity index (χ0) is 62.1. The lowest BCUT2D eigenvalue weighted by atomic mass is 10.1. The monoisotopic (exact) mass is 1330 g/mol. The first kappa shape index (κ1) is 69.4. The van der Waals surface area contributed by atoms with E-state index in [-0.39, 0.29) is 62.6 Å². The molecule has 0 bridgehead atoms. The quantitative estimate of drug-likeness (QED) is 0.0431. The highest BCUT2D eigenvalue weighted by molar-refractivity contribution is 7.69. The van der Waals surface area contributed by atoms with E-state index >= 15 is 0 Å². The van der Waals surface area contributed by atoms with Crippen molar-refractivity contribution in [1.29, 1.82) is 0 Å². The number of fused-ring (bicyclic) bond motifs is 3. The first-order valence-electron chi connectivity index (χ1n) is 23.1. The number of anilines is 3. The lowest BCUT2D eigenvalue weighted by Gasteiger charge is -2.15. The van der Waals surface area contributed by atoms with E-state index in [1.54, 1.807) is 30.3 Å². The highest BCUT2D eigenvalue weighted by atomic mass is 31.3. The van der Waals surface area contributed by atoms with Crippen molar-refractivity contribution in [3.8, 4) is 0 Å². The summed E-state index contributed by atoms with van der Waals surface area (Å²) in [4.78, 5) is 107. The van der Waals surface area contributed by atoms with E-state index < -0.39 is 118 Å². The molecule has 1 aromatic carbocycles. The number of aliphatic hydroxyl groups is 6. The molecule has 0 saturated carbocycles. The van der Waals surface area contributed by atoms with Crippen LogP contribution in [0.1, 0.15) is 29.0 Å². The van der Waals surface area contributed by atoms with E-state index in [9.17, 15) is 63.2 Å². The molecule has 3 aliphatic rings. The molecule has 9 heterocycles. The van der Waals surface area contributed by atoms with Gasteiger partial charge in [0.05, 0.1) is 0 Å². The van der Waals surface area contributed by atoms with E-state index in [4.69, 9.17) is 59.9 Å². The Morgan fingerprint density at radius 1 is 0.529 bits per heavy atom. The van der Waals surface area contributed by atoms with Crippen LogP contribution in [0, 0.1) is 0 Å². The van der Waals surface area contributed by atoms with Crippen LogP contribution in [-0.4, -0.2) is 211 Å². The number of benzene rings is 1. The maximum atomic E-state index is 12.4. The summed E-state index contributed by atoms with van der Waals surface area (Å²) in [6.45, 7) is 0. The molecule has 87 heavy (non-hydrogen) atoms. The molecule has 6 aromatic heterocycles. The standard InChI is InChI=1S/C17H17N6O7P.C10H15N6O12P3.C10H13N6O6P.H3N.H2O/c24-12-10(6-7-31(27,28)29)30-17(13(12)25)23-15-11(21-22-23)14(18-8-19-15)20-16(26)9-4-2-1-3-5-9;11-8-5-9(13-3-12-8)16(15-14-5)10-7(18)6(17)4(26-10)1-2-29(19,20)27-31(24,25)28-30(21,22)23;11-8-5-9(13-3-12-8)16(15-14-5)10-7(18)6(17)4(22-10)1-2-23(19,20)21;;/h1-8,10,12-13,17,24-25H,(H2,27,28,29)(H,18,19,20,26);1-4,6-7,10,17-18H,(H,19,20)(H,24,25)(H2,11,12,13)(H2,21,22,23);1-4,6-7,10,17-18H,(H2,11,12,13)(H2,19,20,21);1H3;1H2/b7-6+;2*2-1+;;/t10-,12-,13-,17-;2*4-,6-,7-,10-;;/m111../s1. The van der Waals surface area contributed by atoms with E-state index in [1.165, 1.54) is 6.33 Å². The third kappa shape index (κ3) is 16.7. The number of ether oxygens (including phenoxy) is 3. The van der Waals surface area contributed by atoms with Gasteiger partial charge in [-0.3, -0.25) is 18.5 Å². The minimum atomic E-state index is -5.64. The van der Waals surface area contributed by atoms with Crippen LogP contribution in [0.25, 0.3) is 33.5 Å². The lowest BCUT2D eigenvalue weighted by Crippen LogP contribution is -2.31. The van der Waals surface area contributed by atoms with Crippen molar-refractivity contribution in [2.24, 2.45) is 0 Å². The fourth-order valence-corrected chi connectivity index (χ4v) is 11.8. The summed E-state index contributed by atoms with van der Waals surface area (Å²) in [5, 5.41) is 86.4. The molecule has 0 spiro atoms. The molecule has 14 atom stereocenters. The maximum Gasteiger partial charge on any atom is 0.488 e. The predicted octanol–water partition coefficient (Wildman–Crippen LogP) is -4.42. The van der Waals surface area contributed by atoms with E-state index in [2.05, 4.69) is 74.8 Å². The van der Waals surface area contributed by atoms with Gasteiger partial charge in [0.1, 0.15) is 73.9 Å². The van der Waals surface area contributed by atoms with Crippen molar-refractivity contribution in [3.63, 3.8) is 0 Å². The molecule has 45 nitrogen and oxygen atoms in total. The Kier molecular flexibility index (Phi) is 21.8. The maximum absolute atomic E-state index is 12.4. The summed E-state index contributed by atoms with van der Waals surface area (Å²) in [5.74, 6) is 1.20. The Morgan fingerprint density at radius 3 is 1.29 bits per heavy atom. The Bertz CT molecular complexity index is 3920. The molecule has 50 heteroatoms. The highest BCUT2D eigenvalue weighted by Gasteiger charge is 2.47. The molecule has 0 radical (unpaired) electrons. The number of amides is 1. The van der Waals surface area contributed by atoms with Gasteiger partial charge in [-0.25, -0.2) is 43.3 Å². The summed E-state index contributed by atoms with van der Waals surface area (Å²) in [7, 11) is -25.2. The number of carbonyl (C=O) groups is 1. The summed E-state index contributed by atoms with van der Waals surface area (Å²) >= 11 is 0. The number of rotatable bonds is 15. The number of aliphatic hydroxyl groups excluding tert-OH is 6. The van der Waals surface area contributed by atoms with E-state index in [0.29, 0.717) is 29.1 Å². The number of nitrogens with two attached hydrogens (primary N) is 2. The Labute approximate surface area is 481 Å². The molecular weight excluding hydrogens is 1280 g/mol. The second kappa shape index (κ2) is 27.3. The van der Waals surface area contributed by atoms with Gasteiger partial charge >= 0.3 is 38.4 Å². The van der Waals surface area contributed by atoms with Gasteiger partial charge in [0, 0.05) is 23.0 Å². The minimum absolute atomic E-state index is 0. The van der Waals surface area contributed by atoms with Crippen LogP contribution in [0.15, 0.2) is 85.0 Å². The SMILES string of the molecule is N.Nc1ncnc2c1nnn2[C@@H]1O[C@H](/C=C/P(=O)(O)O)[C@@H](O)[C@H]1O.Nc1ncnc2c1nnn2[C@@H]1O[C@H](/C=C/P(=O)(O)OP(=O)(O)OP(=O)(O)O)[C@@H](O)[C@H]1O.O.O=C(Nc1ncnc2c1nnn2[C@@H]1O[C@H](/C=C/P(=O)(O)O)[C@@H](O)[C@H]1O)c1ccccc1. The summed E-state index contributed by atoms with van der Waals surface area (Å²) in [5.41, 5.74) is 12.4. The zero-order valence-corrected chi connectivity index (χ0v) is 47.5. The third-order valence-corrected chi connectivity index (χ3v) is 16.6. The van der Waals surface area contributed by atoms with Crippen molar-refractivity contribution in [2.75, 3.05) is 16.8 Å². The van der Waals surface area contributed by atoms with Crippen molar-refractivity contribution < 1.29 is 126 Å². The van der Waals surface area contributed by atoms with Crippen molar-refractivity contribution in [1.82, 2.24) is 81.0 Å². The first-order chi connectivity index (χ1) is 39.7. The van der Waals surface area contributed by atoms with Gasteiger partial charge in [-0.05, 0) is 30.4 Å². The molecule has 474 valence electrons. The Balaban J connectivity index is 0.000000209. The zero-order valence-electron chi connectivity index (χ0n) is 43.1. The van der Waals surface area contributed by atoms with Crippen LogP contribution >= 0.6 is 38.4 Å². The molecule has 0 aliphatic carbocycles. The minimum Gasteiger partial charge on any atom is -0.412 e.